The largest absolute Gasteiger partial charge is 0.465 e. The topological polar surface area (TPSA) is 61.8 Å². The van der Waals surface area contributed by atoms with E-state index < -0.39 is 11.9 Å². The van der Waals surface area contributed by atoms with Crippen molar-refractivity contribution in [3.63, 3.8) is 0 Å². The standard InChI is InChI=1S/C15H28O5/c1-3-4-5-8-11-19-14(16)13-15(17)20-12-9-6-7-10-18-2/h3-13H2,1-2H3. The van der Waals surface area contributed by atoms with Crippen molar-refractivity contribution in [2.45, 2.75) is 58.3 Å². The van der Waals surface area contributed by atoms with Crippen LogP contribution < -0.4 is 0 Å². The summed E-state index contributed by atoms with van der Waals surface area (Å²) in [5.74, 6) is -0.999. The molecule has 0 aliphatic rings. The van der Waals surface area contributed by atoms with Crippen molar-refractivity contribution in [3.8, 4) is 0 Å². The van der Waals surface area contributed by atoms with E-state index in [1.54, 1.807) is 7.11 Å². The molecular formula is C15H28O5. The van der Waals surface area contributed by atoms with Gasteiger partial charge in [-0.3, -0.25) is 9.59 Å². The maximum absolute atomic E-state index is 11.3. The zero-order chi connectivity index (χ0) is 15.1. The first-order valence-corrected chi connectivity index (χ1v) is 7.50. The number of esters is 2. The van der Waals surface area contributed by atoms with Gasteiger partial charge in [0, 0.05) is 13.7 Å². The molecule has 0 heterocycles. The van der Waals surface area contributed by atoms with E-state index >= 15 is 0 Å². The normalized spacial score (nSPS) is 10.3. The molecule has 0 amide bonds. The molecule has 118 valence electrons. The Morgan fingerprint density at radius 2 is 1.25 bits per heavy atom. The SMILES string of the molecule is CCCCCCOC(=O)CC(=O)OCCCCCOC. The minimum Gasteiger partial charge on any atom is -0.465 e. The summed E-state index contributed by atoms with van der Waals surface area (Å²) in [6, 6.07) is 0. The Hall–Kier alpha value is -1.10. The van der Waals surface area contributed by atoms with Crippen molar-refractivity contribution in [3.05, 3.63) is 0 Å². The van der Waals surface area contributed by atoms with E-state index in [0.717, 1.165) is 51.6 Å². The second-order valence-corrected chi connectivity index (χ2v) is 4.73. The third kappa shape index (κ3) is 13.3. The number of carbonyl (C=O) groups is 2. The highest BCUT2D eigenvalue weighted by molar-refractivity contribution is 5.91. The van der Waals surface area contributed by atoms with Crippen LogP contribution in [-0.4, -0.2) is 38.9 Å². The van der Waals surface area contributed by atoms with Crippen molar-refractivity contribution >= 4 is 11.9 Å². The van der Waals surface area contributed by atoms with Crippen LogP contribution in [0.5, 0.6) is 0 Å². The first-order valence-electron chi connectivity index (χ1n) is 7.50. The Morgan fingerprint density at radius 3 is 1.75 bits per heavy atom. The second kappa shape index (κ2) is 14.3. The van der Waals surface area contributed by atoms with Crippen molar-refractivity contribution in [1.29, 1.82) is 0 Å². The number of carbonyl (C=O) groups excluding carboxylic acids is 2. The molecule has 0 saturated heterocycles. The highest BCUT2D eigenvalue weighted by Gasteiger charge is 2.11. The molecule has 0 radical (unpaired) electrons. The molecule has 0 aromatic carbocycles. The van der Waals surface area contributed by atoms with Crippen LogP contribution in [0.2, 0.25) is 0 Å². The van der Waals surface area contributed by atoms with Gasteiger partial charge in [-0.25, -0.2) is 0 Å². The first kappa shape index (κ1) is 18.9. The smallest absolute Gasteiger partial charge is 0.317 e. The summed E-state index contributed by atoms with van der Waals surface area (Å²) in [6.07, 6.45) is 6.60. The predicted molar refractivity (Wildman–Crippen MR) is 76.4 cm³/mol. The van der Waals surface area contributed by atoms with Gasteiger partial charge < -0.3 is 14.2 Å². The van der Waals surface area contributed by atoms with E-state index in [9.17, 15) is 9.59 Å². The van der Waals surface area contributed by atoms with Gasteiger partial charge >= 0.3 is 11.9 Å². The summed E-state index contributed by atoms with van der Waals surface area (Å²) in [7, 11) is 1.66. The second-order valence-electron chi connectivity index (χ2n) is 4.73. The minimum absolute atomic E-state index is 0.286. The van der Waals surface area contributed by atoms with E-state index in [1.807, 2.05) is 0 Å². The molecule has 0 saturated carbocycles. The molecule has 0 bridgehead atoms. The van der Waals surface area contributed by atoms with Gasteiger partial charge in [0.05, 0.1) is 13.2 Å². The van der Waals surface area contributed by atoms with E-state index in [4.69, 9.17) is 14.2 Å². The van der Waals surface area contributed by atoms with Crippen molar-refractivity contribution in [2.24, 2.45) is 0 Å². The summed E-state index contributed by atoms with van der Waals surface area (Å²) in [4.78, 5) is 22.7. The lowest BCUT2D eigenvalue weighted by molar-refractivity contribution is -0.154. The van der Waals surface area contributed by atoms with Gasteiger partial charge in [0.25, 0.3) is 0 Å². The molecular weight excluding hydrogens is 260 g/mol. The molecule has 0 aliphatic heterocycles. The summed E-state index contributed by atoms with van der Waals surface area (Å²) in [5, 5.41) is 0. The summed E-state index contributed by atoms with van der Waals surface area (Å²) >= 11 is 0. The van der Waals surface area contributed by atoms with Crippen LogP contribution in [0.25, 0.3) is 0 Å². The highest BCUT2D eigenvalue weighted by atomic mass is 16.6. The lowest BCUT2D eigenvalue weighted by Crippen LogP contribution is -2.15. The Labute approximate surface area is 122 Å². The molecule has 0 spiro atoms. The number of hydrogen-bond donors (Lipinski definition) is 0. The minimum atomic E-state index is -0.504. The molecule has 0 aliphatic carbocycles. The van der Waals surface area contributed by atoms with Crippen LogP contribution in [0, 0.1) is 0 Å². The third-order valence-electron chi connectivity index (χ3n) is 2.81. The maximum Gasteiger partial charge on any atom is 0.317 e. The van der Waals surface area contributed by atoms with Crippen molar-refractivity contribution in [1.82, 2.24) is 0 Å². The number of hydrogen-bond acceptors (Lipinski definition) is 5. The van der Waals surface area contributed by atoms with E-state index in [2.05, 4.69) is 6.92 Å². The Morgan fingerprint density at radius 1 is 0.750 bits per heavy atom. The molecule has 0 aromatic rings. The number of unbranched alkanes of at least 4 members (excludes halogenated alkanes) is 5. The highest BCUT2D eigenvalue weighted by Crippen LogP contribution is 2.01. The molecule has 0 aromatic heterocycles. The van der Waals surface area contributed by atoms with Crippen molar-refractivity contribution < 1.29 is 23.8 Å². The molecule has 20 heavy (non-hydrogen) atoms. The first-order chi connectivity index (χ1) is 9.70. The average Bonchev–Trinajstić information content (AvgIpc) is 2.42. The van der Waals surface area contributed by atoms with E-state index in [0.29, 0.717) is 13.2 Å². The van der Waals surface area contributed by atoms with Crippen LogP contribution in [0.1, 0.15) is 58.3 Å². The van der Waals surface area contributed by atoms with E-state index in [-0.39, 0.29) is 6.42 Å². The van der Waals surface area contributed by atoms with Crippen LogP contribution in [0.3, 0.4) is 0 Å². The van der Waals surface area contributed by atoms with Crippen LogP contribution >= 0.6 is 0 Å². The zero-order valence-electron chi connectivity index (χ0n) is 12.8. The van der Waals surface area contributed by atoms with Gasteiger partial charge in [-0.15, -0.1) is 0 Å². The molecule has 0 fully saturated rings. The molecule has 0 rings (SSSR count). The summed E-state index contributed by atoms with van der Waals surface area (Å²) in [6.45, 7) is 3.59. The zero-order valence-corrected chi connectivity index (χ0v) is 12.8. The predicted octanol–water partition coefficient (Wildman–Crippen LogP) is 2.86. The van der Waals surface area contributed by atoms with Gasteiger partial charge in [-0.05, 0) is 25.7 Å². The fraction of sp³-hybridized carbons (Fsp3) is 0.867. The maximum atomic E-state index is 11.3. The summed E-state index contributed by atoms with van der Waals surface area (Å²) in [5.41, 5.74) is 0. The van der Waals surface area contributed by atoms with Crippen LogP contribution in [0.15, 0.2) is 0 Å². The van der Waals surface area contributed by atoms with Gasteiger partial charge in [-0.1, -0.05) is 26.2 Å². The summed E-state index contributed by atoms with van der Waals surface area (Å²) < 4.78 is 14.8. The fourth-order valence-corrected chi connectivity index (χ4v) is 1.65. The Balaban J connectivity index is 3.38. The quantitative estimate of drug-likeness (QED) is 0.296. The molecule has 0 unspecified atom stereocenters. The monoisotopic (exact) mass is 288 g/mol. The fourth-order valence-electron chi connectivity index (χ4n) is 1.65. The third-order valence-corrected chi connectivity index (χ3v) is 2.81. The number of ether oxygens (including phenoxy) is 3. The molecule has 0 N–H and O–H groups in total. The Bertz CT molecular complexity index is 253. The number of rotatable bonds is 13. The van der Waals surface area contributed by atoms with Crippen molar-refractivity contribution in [2.75, 3.05) is 26.9 Å². The molecule has 5 heteroatoms. The van der Waals surface area contributed by atoms with Gasteiger partial charge in [-0.2, -0.15) is 0 Å². The molecule has 5 nitrogen and oxygen atoms in total. The molecule has 0 atom stereocenters. The van der Waals surface area contributed by atoms with Gasteiger partial charge in [0.1, 0.15) is 6.42 Å². The lowest BCUT2D eigenvalue weighted by Gasteiger charge is -2.06. The van der Waals surface area contributed by atoms with Gasteiger partial charge in [0.15, 0.2) is 0 Å². The Kier molecular flexibility index (Phi) is 13.5. The lowest BCUT2D eigenvalue weighted by atomic mass is 10.2. The average molecular weight is 288 g/mol. The van der Waals surface area contributed by atoms with Crippen LogP contribution in [0.4, 0.5) is 0 Å². The van der Waals surface area contributed by atoms with Crippen LogP contribution in [-0.2, 0) is 23.8 Å². The van der Waals surface area contributed by atoms with Gasteiger partial charge in [0.2, 0.25) is 0 Å². The number of methoxy groups -OCH3 is 1. The van der Waals surface area contributed by atoms with E-state index in [1.165, 1.54) is 0 Å².